The Labute approximate surface area is 427 Å². The molecular weight excluding hydrogens is 905 g/mol. The monoisotopic (exact) mass is 946 g/mol. The van der Waals surface area contributed by atoms with Crippen LogP contribution in [0.1, 0.15) is 45.2 Å². The quantitative estimate of drug-likeness (QED) is 0.151. The third-order valence-electron chi connectivity index (χ3n) is 14.9. The molecule has 0 amide bonds. The van der Waals surface area contributed by atoms with Crippen LogP contribution in [0.4, 0.5) is 0 Å². The van der Waals surface area contributed by atoms with E-state index in [0.29, 0.717) is 11.6 Å². The molecule has 3 aliphatic carbocycles. The molecule has 2 bridgehead atoms. The van der Waals surface area contributed by atoms with Gasteiger partial charge in [-0.1, -0.05) is 194 Å². The number of rotatable bonds is 8. The molecule has 0 saturated carbocycles. The highest BCUT2D eigenvalue weighted by Gasteiger charge is 2.41. The van der Waals surface area contributed by atoms with Crippen LogP contribution >= 0.6 is 0 Å². The number of para-hydroxylation sites is 2. The van der Waals surface area contributed by atoms with Gasteiger partial charge in [-0.25, -0.2) is 19.9 Å². The standard InChI is InChI=1S/C68H42N4O2/c1-3-17-41(18-4-1)57-39-59(47-23-9-11-25-49(47)63-37-43-21-7-15-29-61(43)73-63)71-67(69-57)45-31-33-53-55(35-45)65-51-27-13-14-28-52(51)66(53)56-36-46(32-34-54(56)65)68-70-58(42-19-5-2-6-20-42)40-60(72-68)48-24-10-12-26-50(48)64-38-44-22-8-16-30-62(44)74-64/h1-40,65-66H/t65-,66?/m1/s1. The van der Waals surface area contributed by atoms with Gasteiger partial charge in [0.15, 0.2) is 11.6 Å². The lowest BCUT2D eigenvalue weighted by Gasteiger charge is -2.42. The fourth-order valence-corrected chi connectivity index (χ4v) is 11.5. The van der Waals surface area contributed by atoms with Crippen molar-refractivity contribution in [2.24, 2.45) is 0 Å². The zero-order valence-electron chi connectivity index (χ0n) is 39.9. The first kappa shape index (κ1) is 42.0. The van der Waals surface area contributed by atoms with Gasteiger partial charge < -0.3 is 8.83 Å². The molecule has 3 aliphatic rings. The van der Waals surface area contributed by atoms with Crippen LogP contribution in [0.3, 0.4) is 0 Å². The van der Waals surface area contributed by atoms with Gasteiger partial charge in [-0.2, -0.15) is 0 Å². The van der Waals surface area contributed by atoms with Crippen molar-refractivity contribution in [1.29, 1.82) is 0 Å². The van der Waals surface area contributed by atoms with E-state index < -0.39 is 0 Å². The van der Waals surface area contributed by atoms with Crippen LogP contribution in [0.2, 0.25) is 0 Å². The second-order valence-electron chi connectivity index (χ2n) is 19.2. The maximum Gasteiger partial charge on any atom is 0.160 e. The summed E-state index contributed by atoms with van der Waals surface area (Å²) < 4.78 is 12.9. The van der Waals surface area contributed by atoms with Crippen LogP contribution in [0.5, 0.6) is 0 Å². The zero-order chi connectivity index (χ0) is 48.7. The van der Waals surface area contributed by atoms with Crippen molar-refractivity contribution in [2.45, 2.75) is 11.8 Å². The molecule has 9 aromatic carbocycles. The van der Waals surface area contributed by atoms with Crippen LogP contribution in [0, 0.1) is 0 Å². The molecule has 74 heavy (non-hydrogen) atoms. The molecule has 0 saturated heterocycles. The summed E-state index contributed by atoms with van der Waals surface area (Å²) in [5.41, 5.74) is 20.7. The Bertz CT molecular complexity index is 4000. The molecule has 6 nitrogen and oxygen atoms in total. The van der Waals surface area contributed by atoms with Crippen molar-refractivity contribution in [2.75, 3.05) is 0 Å². The van der Waals surface area contributed by atoms with E-state index in [4.69, 9.17) is 28.8 Å². The molecule has 0 radical (unpaired) electrons. The zero-order valence-corrected chi connectivity index (χ0v) is 39.9. The molecule has 0 N–H and O–H groups in total. The number of hydrogen-bond acceptors (Lipinski definition) is 6. The van der Waals surface area contributed by atoms with E-state index in [-0.39, 0.29) is 11.8 Å². The van der Waals surface area contributed by atoms with Gasteiger partial charge in [0.05, 0.1) is 22.8 Å². The summed E-state index contributed by atoms with van der Waals surface area (Å²) in [5, 5.41) is 2.12. The summed E-state index contributed by atoms with van der Waals surface area (Å²) in [6.07, 6.45) is 0. The van der Waals surface area contributed by atoms with Gasteiger partial charge in [-0.05, 0) is 81.9 Å². The number of hydrogen-bond donors (Lipinski definition) is 0. The summed E-state index contributed by atoms with van der Waals surface area (Å²) in [6.45, 7) is 0. The summed E-state index contributed by atoms with van der Waals surface area (Å²) in [7, 11) is 0. The molecule has 0 fully saturated rings. The average molecular weight is 947 g/mol. The minimum atomic E-state index is 0.00334. The number of fused-ring (bicyclic) bond motifs is 2. The van der Waals surface area contributed by atoms with Crippen molar-refractivity contribution >= 4 is 21.9 Å². The number of nitrogens with zero attached hydrogens (tertiary/aromatic N) is 4. The molecule has 13 aromatic rings. The average Bonchev–Trinajstić information content (AvgIpc) is 4.16. The Morgan fingerprint density at radius 3 is 1.07 bits per heavy atom. The van der Waals surface area contributed by atoms with Gasteiger partial charge in [0, 0.05) is 67.1 Å². The van der Waals surface area contributed by atoms with E-state index in [1.54, 1.807) is 0 Å². The van der Waals surface area contributed by atoms with E-state index in [1.807, 2.05) is 48.5 Å². The van der Waals surface area contributed by atoms with Gasteiger partial charge >= 0.3 is 0 Å². The number of furan rings is 2. The predicted molar refractivity (Wildman–Crippen MR) is 295 cm³/mol. The Balaban J connectivity index is 0.854. The molecule has 346 valence electrons. The fourth-order valence-electron chi connectivity index (χ4n) is 11.5. The van der Waals surface area contributed by atoms with E-state index in [1.165, 1.54) is 33.4 Å². The highest BCUT2D eigenvalue weighted by Crippen LogP contribution is 2.57. The Hall–Kier alpha value is -9.78. The van der Waals surface area contributed by atoms with Crippen molar-refractivity contribution in [1.82, 2.24) is 19.9 Å². The topological polar surface area (TPSA) is 77.8 Å². The molecule has 1 unspecified atom stereocenters. The minimum absolute atomic E-state index is 0.00334. The van der Waals surface area contributed by atoms with Gasteiger partial charge in [0.2, 0.25) is 0 Å². The molecule has 4 aromatic heterocycles. The smallest absolute Gasteiger partial charge is 0.160 e. The van der Waals surface area contributed by atoms with E-state index >= 15 is 0 Å². The first-order valence-corrected chi connectivity index (χ1v) is 25.1. The second kappa shape index (κ2) is 16.9. The molecule has 0 spiro atoms. The Kier molecular flexibility index (Phi) is 9.60. The second-order valence-corrected chi connectivity index (χ2v) is 19.2. The van der Waals surface area contributed by atoms with Crippen LogP contribution in [0.15, 0.2) is 251 Å². The predicted octanol–water partition coefficient (Wildman–Crippen LogP) is 17.1. The normalized spacial score (nSPS) is 14.2. The first-order valence-electron chi connectivity index (χ1n) is 25.1. The van der Waals surface area contributed by atoms with Gasteiger partial charge in [0.1, 0.15) is 22.7 Å². The first-order chi connectivity index (χ1) is 36.6. The van der Waals surface area contributed by atoms with Crippen LogP contribution in [-0.2, 0) is 0 Å². The number of benzene rings is 9. The van der Waals surface area contributed by atoms with Crippen molar-refractivity contribution < 1.29 is 8.83 Å². The minimum Gasteiger partial charge on any atom is -0.456 e. The maximum absolute atomic E-state index is 6.45. The summed E-state index contributed by atoms with van der Waals surface area (Å²) >= 11 is 0. The summed E-state index contributed by atoms with van der Waals surface area (Å²) in [6, 6.07) is 84.9. The molecule has 16 rings (SSSR count). The highest BCUT2D eigenvalue weighted by molar-refractivity contribution is 5.90. The van der Waals surface area contributed by atoms with Crippen LogP contribution < -0.4 is 0 Å². The highest BCUT2D eigenvalue weighted by atomic mass is 16.3. The van der Waals surface area contributed by atoms with Gasteiger partial charge in [-0.3, -0.25) is 0 Å². The molecule has 2 atom stereocenters. The Morgan fingerprint density at radius 2 is 0.622 bits per heavy atom. The lowest BCUT2D eigenvalue weighted by Crippen LogP contribution is -2.27. The van der Waals surface area contributed by atoms with Gasteiger partial charge in [0.25, 0.3) is 0 Å². The van der Waals surface area contributed by atoms with Crippen LogP contribution in [0.25, 0.3) is 112 Å². The van der Waals surface area contributed by atoms with Gasteiger partial charge in [-0.15, -0.1) is 0 Å². The van der Waals surface area contributed by atoms with Crippen molar-refractivity contribution in [3.63, 3.8) is 0 Å². The largest absolute Gasteiger partial charge is 0.456 e. The van der Waals surface area contributed by atoms with E-state index in [9.17, 15) is 0 Å². The Morgan fingerprint density at radius 1 is 0.257 bits per heavy atom. The third-order valence-corrected chi connectivity index (χ3v) is 14.9. The van der Waals surface area contributed by atoms with Crippen molar-refractivity contribution in [3.8, 4) is 90.5 Å². The molecule has 0 aliphatic heterocycles. The summed E-state index contributed by atoms with van der Waals surface area (Å²) in [5.74, 6) is 2.94. The fraction of sp³-hybridized carbons (Fsp3) is 0.0294. The lowest BCUT2D eigenvalue weighted by molar-refractivity contribution is 0.631. The van der Waals surface area contributed by atoms with E-state index in [2.05, 4.69) is 194 Å². The number of aromatic nitrogens is 4. The maximum atomic E-state index is 6.45. The molecule has 4 heterocycles. The third kappa shape index (κ3) is 6.95. The van der Waals surface area contributed by atoms with Crippen molar-refractivity contribution in [3.05, 3.63) is 276 Å². The lowest BCUT2D eigenvalue weighted by atomic mass is 9.61. The van der Waals surface area contributed by atoms with E-state index in [0.717, 1.165) is 101 Å². The molecular formula is C68H42N4O2. The van der Waals surface area contributed by atoms with Crippen LogP contribution in [-0.4, -0.2) is 19.9 Å². The molecule has 6 heteroatoms. The SMILES string of the molecule is c1ccc(-c2cc(-c3ccccc3-c3cc4ccccc4o3)nc(-c3ccc4c(c3)C3c5ccccc5[C@H]4c4cc(-c5nc(-c6ccccc6)cc(-c6ccccc6-c6cc7ccccc7o6)n5)ccc43)n2)cc1. The summed E-state index contributed by atoms with van der Waals surface area (Å²) in [4.78, 5) is 21.4.